The van der Waals surface area contributed by atoms with E-state index >= 15 is 4.39 Å². The number of rotatable bonds is 13. The third-order valence-electron chi connectivity index (χ3n) is 8.93. The summed E-state index contributed by atoms with van der Waals surface area (Å²) in [5, 5.41) is 16.9. The summed E-state index contributed by atoms with van der Waals surface area (Å²) in [4.78, 5) is 45.2. The third kappa shape index (κ3) is 10.4. The molecule has 5 rings (SSSR count). The number of esters is 1. The highest BCUT2D eigenvalue weighted by atomic mass is 32.2. The summed E-state index contributed by atoms with van der Waals surface area (Å²) in [6.45, 7) is 7.68. The number of piperidine rings is 1. The fourth-order valence-electron chi connectivity index (χ4n) is 6.19. The number of methoxy groups -OCH3 is 1. The second-order valence-electron chi connectivity index (χ2n) is 14.0. The average Bonchev–Trinajstić information content (AvgIpc) is 3.15. The summed E-state index contributed by atoms with van der Waals surface area (Å²) in [7, 11) is -2.75. The average molecular weight is 768 g/mol. The maximum Gasteiger partial charge on any atom is 0.326 e. The van der Waals surface area contributed by atoms with Crippen LogP contribution in [-0.4, -0.2) is 93.6 Å². The Balaban J connectivity index is 1.23. The van der Waals surface area contributed by atoms with E-state index in [1.54, 1.807) is 27.9 Å². The predicted octanol–water partition coefficient (Wildman–Crippen LogP) is 3.98. The summed E-state index contributed by atoms with van der Waals surface area (Å²) < 4.78 is 54.7. The lowest BCUT2D eigenvalue weighted by molar-refractivity contribution is -0.384. The molecule has 3 aromatic rings. The number of nitrogens with one attached hydrogen (secondary N) is 3. The van der Waals surface area contributed by atoms with Gasteiger partial charge >= 0.3 is 5.97 Å². The first-order chi connectivity index (χ1) is 25.6. The van der Waals surface area contributed by atoms with Gasteiger partial charge in [-0.15, -0.1) is 0 Å². The molecule has 2 aliphatic heterocycles. The van der Waals surface area contributed by atoms with E-state index in [0.717, 1.165) is 80.0 Å². The Kier molecular flexibility index (Phi) is 12.7. The number of nitro benzene ring substituents is 1. The van der Waals surface area contributed by atoms with Gasteiger partial charge in [0.25, 0.3) is 11.6 Å². The summed E-state index contributed by atoms with van der Waals surface area (Å²) in [6.07, 6.45) is 2.47. The van der Waals surface area contributed by atoms with Crippen molar-refractivity contribution in [3.05, 3.63) is 93.8 Å². The van der Waals surface area contributed by atoms with Crippen molar-refractivity contribution in [3.63, 3.8) is 0 Å². The van der Waals surface area contributed by atoms with Gasteiger partial charge in [0.1, 0.15) is 23.2 Å². The largest absolute Gasteiger partial charge is 0.497 e. The number of aliphatic imine (C=N–C) groups is 1. The Morgan fingerprint density at radius 2 is 1.78 bits per heavy atom. The number of benzene rings is 3. The van der Waals surface area contributed by atoms with Crippen LogP contribution >= 0.6 is 0 Å². The van der Waals surface area contributed by atoms with Gasteiger partial charge in [-0.05, 0) is 88.1 Å². The molecule has 15 nitrogen and oxygen atoms in total. The van der Waals surface area contributed by atoms with Gasteiger partial charge in [-0.1, -0.05) is 12.1 Å². The van der Waals surface area contributed by atoms with Crippen LogP contribution < -0.4 is 25.0 Å². The van der Waals surface area contributed by atoms with Gasteiger partial charge in [0.15, 0.2) is 5.96 Å². The molecule has 1 saturated heterocycles. The number of halogens is 1. The summed E-state index contributed by atoms with van der Waals surface area (Å²) in [5.74, 6) is -0.655. The zero-order valence-electron chi connectivity index (χ0n) is 30.7. The van der Waals surface area contributed by atoms with Gasteiger partial charge in [-0.2, -0.15) is 4.72 Å². The molecule has 0 spiro atoms. The zero-order chi connectivity index (χ0) is 39.0. The van der Waals surface area contributed by atoms with Crippen LogP contribution in [0.1, 0.15) is 56.0 Å². The van der Waals surface area contributed by atoms with Gasteiger partial charge < -0.3 is 29.9 Å². The monoisotopic (exact) mass is 767 g/mol. The molecule has 3 aromatic carbocycles. The lowest BCUT2D eigenvalue weighted by Gasteiger charge is -2.41. The highest BCUT2D eigenvalue weighted by molar-refractivity contribution is 7.89. The number of carbonyl (C=O) groups excluding carboxylic acids is 2. The number of guanidine groups is 1. The number of sulfonamides is 1. The first-order valence-corrected chi connectivity index (χ1v) is 19.1. The second-order valence-corrected chi connectivity index (χ2v) is 15.7. The van der Waals surface area contributed by atoms with Crippen molar-refractivity contribution in [1.82, 2.24) is 20.3 Å². The van der Waals surface area contributed by atoms with E-state index in [0.29, 0.717) is 25.3 Å². The van der Waals surface area contributed by atoms with E-state index in [-0.39, 0.29) is 22.2 Å². The fourth-order valence-corrected chi connectivity index (χ4v) is 7.37. The van der Waals surface area contributed by atoms with Gasteiger partial charge in [0, 0.05) is 63.0 Å². The maximum atomic E-state index is 15.6. The van der Waals surface area contributed by atoms with E-state index in [1.165, 1.54) is 12.1 Å². The fraction of sp³-hybridized carbons (Fsp3) is 0.432. The minimum atomic E-state index is -4.38. The standard InChI is InChI=1S/C37H46FN7O8S/c1-37(2,3)53-35(47)32(42-54(50,51)30-13-9-28(10-14-30)45(48)49)23-41-34(46)26-8-15-33(31(38)22-26)43-20-16-27(17-21-43)44(36-39-18-5-19-40-36)24-25-6-11-29(52-4)12-7-25/h6-15,22,27,32,42H,5,16-21,23-24H2,1-4H3,(H,39,40)(H,41,46)/t32-/m0/s1. The van der Waals surface area contributed by atoms with Crippen LogP contribution in [0.4, 0.5) is 15.8 Å². The summed E-state index contributed by atoms with van der Waals surface area (Å²) in [6, 6.07) is 14.7. The van der Waals surface area contributed by atoms with Crippen molar-refractivity contribution in [2.75, 3.05) is 44.7 Å². The van der Waals surface area contributed by atoms with Gasteiger partial charge in [0.2, 0.25) is 10.0 Å². The molecule has 0 unspecified atom stereocenters. The van der Waals surface area contributed by atoms with Crippen LogP contribution in [0, 0.1) is 15.9 Å². The van der Waals surface area contributed by atoms with Gasteiger partial charge in [-0.3, -0.25) is 24.7 Å². The summed E-state index contributed by atoms with van der Waals surface area (Å²) >= 11 is 0. The van der Waals surface area contributed by atoms with Crippen molar-refractivity contribution in [1.29, 1.82) is 0 Å². The molecule has 2 heterocycles. The highest BCUT2D eigenvalue weighted by Gasteiger charge is 2.32. The Morgan fingerprint density at radius 3 is 2.35 bits per heavy atom. The lowest BCUT2D eigenvalue weighted by atomic mass is 10.0. The minimum Gasteiger partial charge on any atom is -0.497 e. The van der Waals surface area contributed by atoms with Gasteiger partial charge in [0.05, 0.1) is 22.6 Å². The van der Waals surface area contributed by atoms with Gasteiger partial charge in [-0.25, -0.2) is 12.8 Å². The molecular weight excluding hydrogens is 722 g/mol. The zero-order valence-corrected chi connectivity index (χ0v) is 31.5. The quantitative estimate of drug-likeness (QED) is 0.130. The molecular formula is C37H46FN7O8S. The molecule has 3 N–H and O–H groups in total. The van der Waals surface area contributed by atoms with Crippen LogP contribution in [0.2, 0.25) is 0 Å². The van der Waals surface area contributed by atoms with Crippen molar-refractivity contribution in [3.8, 4) is 5.75 Å². The lowest BCUT2D eigenvalue weighted by Crippen LogP contribution is -2.52. The number of amides is 1. The second kappa shape index (κ2) is 17.2. The Hall–Kier alpha value is -5.29. The molecule has 2 aliphatic rings. The van der Waals surface area contributed by atoms with Crippen LogP contribution in [-0.2, 0) is 26.1 Å². The molecule has 0 aliphatic carbocycles. The number of anilines is 1. The maximum absolute atomic E-state index is 15.6. The Bertz CT molecular complexity index is 1950. The number of hydrogen-bond donors (Lipinski definition) is 3. The van der Waals surface area contributed by atoms with Crippen molar-refractivity contribution < 1.29 is 36.8 Å². The number of ether oxygens (including phenoxy) is 2. The minimum absolute atomic E-state index is 0.0284. The molecule has 1 atom stereocenters. The Morgan fingerprint density at radius 1 is 1.09 bits per heavy atom. The normalized spacial score (nSPS) is 15.7. The van der Waals surface area contributed by atoms with E-state index in [1.807, 2.05) is 29.2 Å². The van der Waals surface area contributed by atoms with Crippen LogP contribution in [0.25, 0.3) is 0 Å². The van der Waals surface area contributed by atoms with Crippen molar-refractivity contribution >= 4 is 39.2 Å². The first-order valence-electron chi connectivity index (χ1n) is 17.6. The highest BCUT2D eigenvalue weighted by Crippen LogP contribution is 2.28. The topological polar surface area (TPSA) is 185 Å². The van der Waals surface area contributed by atoms with Crippen LogP contribution in [0.15, 0.2) is 76.6 Å². The molecule has 1 fully saturated rings. The Labute approximate surface area is 314 Å². The molecule has 290 valence electrons. The predicted molar refractivity (Wildman–Crippen MR) is 200 cm³/mol. The van der Waals surface area contributed by atoms with Crippen molar-refractivity contribution in [2.45, 2.75) is 69.2 Å². The summed E-state index contributed by atoms with van der Waals surface area (Å²) in [5.41, 5.74) is 0.137. The number of nitro groups is 1. The number of non-ortho nitro benzene ring substituents is 1. The number of nitrogens with zero attached hydrogens (tertiary/aromatic N) is 4. The number of hydrogen-bond acceptors (Lipinski definition) is 12. The van der Waals surface area contributed by atoms with E-state index in [9.17, 15) is 28.1 Å². The molecule has 17 heteroatoms. The molecule has 0 saturated carbocycles. The molecule has 1 amide bonds. The molecule has 0 bridgehead atoms. The molecule has 0 radical (unpaired) electrons. The third-order valence-corrected chi connectivity index (χ3v) is 10.4. The van der Waals surface area contributed by atoms with E-state index in [2.05, 4.69) is 20.3 Å². The van der Waals surface area contributed by atoms with Crippen LogP contribution in [0.5, 0.6) is 5.75 Å². The molecule has 0 aromatic heterocycles. The van der Waals surface area contributed by atoms with E-state index in [4.69, 9.17) is 14.5 Å². The first kappa shape index (κ1) is 39.9. The number of carbonyl (C=O) groups is 2. The van der Waals surface area contributed by atoms with E-state index < -0.39 is 50.8 Å². The smallest absolute Gasteiger partial charge is 0.326 e. The SMILES string of the molecule is COc1ccc(CN(C2=NCCCN2)C2CCN(c3ccc(C(=O)NC[C@H](NS(=O)(=O)c4ccc([N+](=O)[O-])cc4)C(=O)OC(C)(C)C)cc3F)CC2)cc1. The van der Waals surface area contributed by atoms with Crippen LogP contribution in [0.3, 0.4) is 0 Å². The molecule has 54 heavy (non-hydrogen) atoms. The van der Waals surface area contributed by atoms with Crippen molar-refractivity contribution in [2.24, 2.45) is 4.99 Å².